The first-order valence-electron chi connectivity index (χ1n) is 8.49. The van der Waals surface area contributed by atoms with Crippen LogP contribution in [-0.4, -0.2) is 31.7 Å². The van der Waals surface area contributed by atoms with Gasteiger partial charge in [0.1, 0.15) is 0 Å². The summed E-state index contributed by atoms with van der Waals surface area (Å²) in [6.45, 7) is 9.44. The molecule has 1 saturated carbocycles. The smallest absolute Gasteiger partial charge is 0.251 e. The number of anilines is 1. The fourth-order valence-electron chi connectivity index (χ4n) is 3.05. The van der Waals surface area contributed by atoms with E-state index >= 15 is 0 Å². The number of ether oxygens (including phenoxy) is 1. The van der Waals surface area contributed by atoms with Crippen molar-refractivity contribution < 1.29 is 9.53 Å². The Balaban J connectivity index is 2.08. The number of hydrogen-bond acceptors (Lipinski definition) is 3. The van der Waals surface area contributed by atoms with Gasteiger partial charge in [0, 0.05) is 24.9 Å². The van der Waals surface area contributed by atoms with Crippen molar-refractivity contribution in [1.82, 2.24) is 5.32 Å². The molecule has 1 aliphatic rings. The third kappa shape index (κ3) is 4.71. The molecule has 23 heavy (non-hydrogen) atoms. The molecule has 128 valence electrons. The lowest BCUT2D eigenvalue weighted by Gasteiger charge is -2.22. The molecule has 0 radical (unpaired) electrons. The largest absolute Gasteiger partial charge is 0.384 e. The van der Waals surface area contributed by atoms with E-state index in [4.69, 9.17) is 4.74 Å². The Morgan fingerprint density at radius 1 is 1.30 bits per heavy atom. The molecule has 0 spiro atoms. The number of benzene rings is 1. The Morgan fingerprint density at radius 2 is 2.04 bits per heavy atom. The number of nitrogens with one attached hydrogen (secondary N) is 2. The van der Waals surface area contributed by atoms with E-state index in [9.17, 15) is 4.79 Å². The minimum absolute atomic E-state index is 0.00383. The molecular formula is C19H30N2O2. The molecule has 4 nitrogen and oxygen atoms in total. The summed E-state index contributed by atoms with van der Waals surface area (Å²) in [6, 6.07) is 5.99. The highest BCUT2D eigenvalue weighted by Crippen LogP contribution is 2.24. The molecule has 1 aromatic rings. The summed E-state index contributed by atoms with van der Waals surface area (Å²) in [7, 11) is 1.72. The molecule has 0 aromatic heterocycles. The minimum Gasteiger partial charge on any atom is -0.384 e. The van der Waals surface area contributed by atoms with E-state index in [-0.39, 0.29) is 23.5 Å². The van der Waals surface area contributed by atoms with Crippen molar-refractivity contribution in [2.45, 2.75) is 59.1 Å². The van der Waals surface area contributed by atoms with E-state index < -0.39 is 0 Å². The van der Waals surface area contributed by atoms with Crippen LogP contribution in [0.3, 0.4) is 0 Å². The van der Waals surface area contributed by atoms with E-state index in [1.807, 2.05) is 25.1 Å². The zero-order valence-corrected chi connectivity index (χ0v) is 15.0. The maximum atomic E-state index is 12.6. The van der Waals surface area contributed by atoms with Crippen molar-refractivity contribution in [3.63, 3.8) is 0 Å². The topological polar surface area (TPSA) is 50.4 Å². The molecule has 4 heteroatoms. The molecule has 1 fully saturated rings. The normalized spacial score (nSPS) is 21.3. The lowest BCUT2D eigenvalue weighted by molar-refractivity contribution is 0.0722. The maximum absolute atomic E-state index is 12.6. The predicted octanol–water partition coefficient (Wildman–Crippen LogP) is 3.75. The van der Waals surface area contributed by atoms with Crippen LogP contribution in [0, 0.1) is 12.3 Å². The van der Waals surface area contributed by atoms with Crippen LogP contribution < -0.4 is 10.6 Å². The molecule has 2 N–H and O–H groups in total. The third-order valence-corrected chi connectivity index (χ3v) is 4.46. The summed E-state index contributed by atoms with van der Waals surface area (Å²) >= 11 is 0. The monoisotopic (exact) mass is 318 g/mol. The molecule has 0 saturated heterocycles. The van der Waals surface area contributed by atoms with E-state index in [2.05, 4.69) is 31.4 Å². The second kappa shape index (κ2) is 7.35. The van der Waals surface area contributed by atoms with Crippen molar-refractivity contribution in [3.8, 4) is 0 Å². The van der Waals surface area contributed by atoms with Gasteiger partial charge in [-0.25, -0.2) is 0 Å². The fourth-order valence-corrected chi connectivity index (χ4v) is 3.05. The third-order valence-electron chi connectivity index (χ3n) is 4.46. The van der Waals surface area contributed by atoms with Crippen LogP contribution in [0.5, 0.6) is 0 Å². The van der Waals surface area contributed by atoms with Gasteiger partial charge in [-0.2, -0.15) is 0 Å². The van der Waals surface area contributed by atoms with Crippen LogP contribution in [-0.2, 0) is 4.74 Å². The molecule has 1 amide bonds. The molecule has 1 aliphatic carbocycles. The Kier molecular flexibility index (Phi) is 5.69. The average Bonchev–Trinajstić information content (AvgIpc) is 2.92. The highest BCUT2D eigenvalue weighted by molar-refractivity contribution is 5.97. The van der Waals surface area contributed by atoms with Gasteiger partial charge in [0.2, 0.25) is 0 Å². The van der Waals surface area contributed by atoms with E-state index in [1.54, 1.807) is 7.11 Å². The van der Waals surface area contributed by atoms with Crippen LogP contribution in [0.15, 0.2) is 18.2 Å². The molecule has 0 heterocycles. The van der Waals surface area contributed by atoms with Crippen molar-refractivity contribution >= 4 is 11.6 Å². The first kappa shape index (κ1) is 17.8. The summed E-state index contributed by atoms with van der Waals surface area (Å²) in [5.74, 6) is -0.00383. The van der Waals surface area contributed by atoms with Gasteiger partial charge in [-0.05, 0) is 49.3 Å². The first-order valence-corrected chi connectivity index (χ1v) is 8.49. The van der Waals surface area contributed by atoms with Crippen LogP contribution in [0.2, 0.25) is 0 Å². The van der Waals surface area contributed by atoms with Crippen LogP contribution in [0.1, 0.15) is 56.0 Å². The van der Waals surface area contributed by atoms with E-state index in [0.29, 0.717) is 0 Å². The number of hydrogen-bond donors (Lipinski definition) is 2. The van der Waals surface area contributed by atoms with E-state index in [0.717, 1.165) is 42.6 Å². The lowest BCUT2D eigenvalue weighted by Crippen LogP contribution is -2.41. The van der Waals surface area contributed by atoms with Crippen LogP contribution in [0.4, 0.5) is 5.69 Å². The molecular weight excluding hydrogens is 288 g/mol. The highest BCUT2D eigenvalue weighted by Gasteiger charge is 2.29. The van der Waals surface area contributed by atoms with Crippen LogP contribution >= 0.6 is 0 Å². The number of rotatable bonds is 5. The second-order valence-electron chi connectivity index (χ2n) is 7.68. The van der Waals surface area contributed by atoms with Gasteiger partial charge in [0.15, 0.2) is 0 Å². The van der Waals surface area contributed by atoms with Crippen molar-refractivity contribution in [2.75, 3.05) is 19.0 Å². The molecule has 0 aliphatic heterocycles. The average molecular weight is 318 g/mol. The highest BCUT2D eigenvalue weighted by atomic mass is 16.5. The number of carbonyl (C=O) groups excluding carboxylic acids is 1. The SMILES string of the molecule is CO[C@@H]1CCC[C@H]1NC(=O)c1cccc(NCC(C)(C)C)c1C. The second-order valence-corrected chi connectivity index (χ2v) is 7.68. The van der Waals surface area contributed by atoms with Gasteiger partial charge in [0.05, 0.1) is 12.1 Å². The lowest BCUT2D eigenvalue weighted by atomic mass is 9.96. The van der Waals surface area contributed by atoms with Gasteiger partial charge < -0.3 is 15.4 Å². The number of carbonyl (C=O) groups is 1. The quantitative estimate of drug-likeness (QED) is 0.869. The Hall–Kier alpha value is -1.55. The van der Waals surface area contributed by atoms with Gasteiger partial charge >= 0.3 is 0 Å². The number of amides is 1. The fraction of sp³-hybridized carbons (Fsp3) is 0.632. The Bertz CT molecular complexity index is 549. The summed E-state index contributed by atoms with van der Waals surface area (Å²) in [6.07, 6.45) is 3.26. The van der Waals surface area contributed by atoms with Crippen LogP contribution in [0.25, 0.3) is 0 Å². The predicted molar refractivity (Wildman–Crippen MR) is 95.0 cm³/mol. The van der Waals surface area contributed by atoms with Crippen molar-refractivity contribution in [2.24, 2.45) is 5.41 Å². The molecule has 2 atom stereocenters. The Morgan fingerprint density at radius 3 is 2.70 bits per heavy atom. The van der Waals surface area contributed by atoms with Gasteiger partial charge in [-0.15, -0.1) is 0 Å². The van der Waals surface area contributed by atoms with Gasteiger partial charge in [-0.3, -0.25) is 4.79 Å². The van der Waals surface area contributed by atoms with E-state index in [1.165, 1.54) is 0 Å². The first-order chi connectivity index (χ1) is 10.8. The summed E-state index contributed by atoms with van der Waals surface area (Å²) in [4.78, 5) is 12.6. The summed E-state index contributed by atoms with van der Waals surface area (Å²) in [5.41, 5.74) is 2.97. The van der Waals surface area contributed by atoms with Crippen molar-refractivity contribution in [3.05, 3.63) is 29.3 Å². The minimum atomic E-state index is -0.00383. The zero-order chi connectivity index (χ0) is 17.0. The Labute approximate surface area is 140 Å². The standard InChI is InChI=1S/C19H30N2O2/c1-13-14(8-6-9-15(13)20-12-19(2,3)4)18(22)21-16-10-7-11-17(16)23-5/h6,8-9,16-17,20H,7,10-12H2,1-5H3,(H,21,22)/t16-,17-/m1/s1. The van der Waals surface area contributed by atoms with Gasteiger partial charge in [-0.1, -0.05) is 26.8 Å². The summed E-state index contributed by atoms with van der Waals surface area (Å²) < 4.78 is 5.46. The van der Waals surface area contributed by atoms with Crippen molar-refractivity contribution in [1.29, 1.82) is 0 Å². The molecule has 0 unspecified atom stereocenters. The van der Waals surface area contributed by atoms with Gasteiger partial charge in [0.25, 0.3) is 5.91 Å². The number of methoxy groups -OCH3 is 1. The summed E-state index contributed by atoms with van der Waals surface area (Å²) in [5, 5.41) is 6.60. The zero-order valence-electron chi connectivity index (χ0n) is 15.0. The molecule has 0 bridgehead atoms. The molecule has 1 aromatic carbocycles. The maximum Gasteiger partial charge on any atom is 0.251 e. The molecule has 2 rings (SSSR count).